The van der Waals surface area contributed by atoms with Crippen LogP contribution in [0.25, 0.3) is 0 Å². The van der Waals surface area contributed by atoms with E-state index in [-0.39, 0.29) is 19.6 Å². The van der Waals surface area contributed by atoms with Gasteiger partial charge < -0.3 is 23.4 Å². The molecule has 1 fully saturated rings. The zero-order valence-electron chi connectivity index (χ0n) is 24.8. The number of carbonyl (C=O) groups excluding carboxylic acids is 1. The quantitative estimate of drug-likeness (QED) is 0.0411. The largest absolute Gasteiger partial charge is 0.746 e. The van der Waals surface area contributed by atoms with Gasteiger partial charge in [0, 0.05) is 25.9 Å². The molecule has 1 saturated heterocycles. The molecule has 0 amide bonds. The normalized spacial score (nSPS) is 18.4. The number of carbonyl (C=O) groups is 1. The van der Waals surface area contributed by atoms with E-state index in [9.17, 15) is 14.3 Å². The van der Waals surface area contributed by atoms with Crippen LogP contribution in [0, 0.1) is 0 Å². The highest BCUT2D eigenvalue weighted by molar-refractivity contribution is 7.46. The van der Waals surface area contributed by atoms with Crippen LogP contribution < -0.4 is 4.89 Å². The van der Waals surface area contributed by atoms with E-state index < -0.39 is 19.9 Å². The second kappa shape index (κ2) is 20.9. The molecule has 8 nitrogen and oxygen atoms in total. The first-order valence-corrected chi connectivity index (χ1v) is 16.6. The van der Waals surface area contributed by atoms with Crippen molar-refractivity contribution in [1.82, 2.24) is 0 Å². The molecule has 0 aromatic heterocycles. The topological polar surface area (TPSA) is 94.1 Å². The Kier molecular flexibility index (Phi) is 19.3. The summed E-state index contributed by atoms with van der Waals surface area (Å²) in [4.78, 5) is 24.0. The fourth-order valence-electron chi connectivity index (χ4n) is 4.63. The smallest absolute Gasteiger partial charge is 0.319 e. The van der Waals surface area contributed by atoms with Crippen molar-refractivity contribution < 1.29 is 37.3 Å². The van der Waals surface area contributed by atoms with Gasteiger partial charge in [0.15, 0.2) is 0 Å². The van der Waals surface area contributed by atoms with Crippen molar-refractivity contribution in [1.29, 1.82) is 0 Å². The zero-order chi connectivity index (χ0) is 28.1. The Morgan fingerprint density at radius 3 is 1.97 bits per heavy atom. The van der Waals surface area contributed by atoms with Gasteiger partial charge in [0.05, 0.1) is 33.9 Å². The van der Waals surface area contributed by atoms with Gasteiger partial charge in [0.25, 0.3) is 0 Å². The number of allylic oxidation sites excluding steroid dienone is 1. The van der Waals surface area contributed by atoms with Crippen molar-refractivity contribution in [3.05, 3.63) is 12.0 Å². The molecule has 0 aliphatic carbocycles. The fourth-order valence-corrected chi connectivity index (χ4v) is 5.29. The predicted molar refractivity (Wildman–Crippen MR) is 150 cm³/mol. The van der Waals surface area contributed by atoms with E-state index in [2.05, 4.69) is 6.92 Å². The molecule has 224 valence electrons. The van der Waals surface area contributed by atoms with Crippen molar-refractivity contribution in [3.63, 3.8) is 0 Å². The Bertz CT molecular complexity index is 698. The summed E-state index contributed by atoms with van der Waals surface area (Å²) < 4.78 is 33.8. The van der Waals surface area contributed by atoms with Crippen molar-refractivity contribution in [3.8, 4) is 0 Å². The van der Waals surface area contributed by atoms with Crippen LogP contribution in [0.15, 0.2) is 12.0 Å². The molecule has 2 atom stereocenters. The average molecular weight is 562 g/mol. The van der Waals surface area contributed by atoms with E-state index in [1.807, 2.05) is 14.1 Å². The highest BCUT2D eigenvalue weighted by atomic mass is 31.2. The molecule has 0 aromatic rings. The summed E-state index contributed by atoms with van der Waals surface area (Å²) in [5, 5.41) is 0. The first-order valence-electron chi connectivity index (χ1n) is 15.1. The molecule has 1 aliphatic rings. The summed E-state index contributed by atoms with van der Waals surface area (Å²) in [6.45, 7) is 5.19. The summed E-state index contributed by atoms with van der Waals surface area (Å²) >= 11 is 0. The van der Waals surface area contributed by atoms with E-state index in [1.165, 1.54) is 83.3 Å². The number of phosphoric ester groups is 1. The van der Waals surface area contributed by atoms with Gasteiger partial charge in [-0.3, -0.25) is 13.8 Å². The number of esters is 1. The molecule has 0 spiro atoms. The van der Waals surface area contributed by atoms with Gasteiger partial charge in [-0.1, -0.05) is 97.3 Å². The number of hydrogen-bond donors (Lipinski definition) is 0. The molecular weight excluding hydrogens is 505 g/mol. The van der Waals surface area contributed by atoms with E-state index in [0.717, 1.165) is 37.9 Å². The Hall–Kier alpha value is -0.920. The van der Waals surface area contributed by atoms with Crippen LogP contribution in [0.4, 0.5) is 0 Å². The van der Waals surface area contributed by atoms with Gasteiger partial charge in [0.2, 0.25) is 0 Å². The third-order valence-electron chi connectivity index (χ3n) is 7.20. The molecule has 2 unspecified atom stereocenters. The second-order valence-corrected chi connectivity index (χ2v) is 12.5. The molecule has 9 heteroatoms. The molecule has 0 N–H and O–H groups in total. The lowest BCUT2D eigenvalue weighted by Crippen LogP contribution is -2.34. The summed E-state index contributed by atoms with van der Waals surface area (Å²) in [6, 6.07) is 0. The van der Waals surface area contributed by atoms with Crippen LogP contribution in [0.1, 0.15) is 123 Å². The molecule has 1 rings (SSSR count). The summed E-state index contributed by atoms with van der Waals surface area (Å²) in [7, 11) is -0.550. The summed E-state index contributed by atoms with van der Waals surface area (Å²) in [6.07, 6.45) is 20.5. The minimum atomic E-state index is -4.57. The summed E-state index contributed by atoms with van der Waals surface area (Å²) in [5.41, 5.74) is 0.898. The maximum atomic E-state index is 12.2. The van der Waals surface area contributed by atoms with E-state index in [0.29, 0.717) is 11.1 Å². The lowest BCUT2D eigenvalue weighted by atomic mass is 10.0. The zero-order valence-corrected chi connectivity index (χ0v) is 25.7. The first kappa shape index (κ1) is 35.1. The van der Waals surface area contributed by atoms with Gasteiger partial charge >= 0.3 is 13.8 Å². The first-order chi connectivity index (χ1) is 18.2. The third kappa shape index (κ3) is 17.6. The molecule has 0 bridgehead atoms. The molecular formula is C29H56NO7P. The molecule has 0 aromatic carbocycles. The SMILES string of the molecule is CCCCCCCCCCCCCCCCOCC(COP(=O)([O-])OC=C1CCC[N+]1(C)C)OC(=O)CC. The van der Waals surface area contributed by atoms with Crippen LogP contribution in [0.3, 0.4) is 0 Å². The van der Waals surface area contributed by atoms with E-state index >= 15 is 0 Å². The fraction of sp³-hybridized carbons (Fsp3) is 0.897. The molecule has 1 aliphatic heterocycles. The maximum absolute atomic E-state index is 12.2. The number of hydrogen-bond acceptors (Lipinski definition) is 7. The molecule has 0 radical (unpaired) electrons. The maximum Gasteiger partial charge on any atom is 0.319 e. The number of unbranched alkanes of at least 4 members (excludes halogenated alkanes) is 13. The van der Waals surface area contributed by atoms with Crippen molar-refractivity contribution in [2.75, 3.05) is 40.5 Å². The highest BCUT2D eigenvalue weighted by Crippen LogP contribution is 2.40. The van der Waals surface area contributed by atoms with Crippen molar-refractivity contribution >= 4 is 13.8 Å². The highest BCUT2D eigenvalue weighted by Gasteiger charge is 2.29. The molecule has 0 saturated carbocycles. The average Bonchev–Trinajstić information content (AvgIpc) is 3.23. The van der Waals surface area contributed by atoms with Gasteiger partial charge in [0.1, 0.15) is 18.1 Å². The minimum Gasteiger partial charge on any atom is -0.746 e. The Morgan fingerprint density at radius 1 is 0.921 bits per heavy atom. The lowest BCUT2D eigenvalue weighted by molar-refractivity contribution is -0.843. The number of rotatable bonds is 24. The number of quaternary nitrogens is 1. The van der Waals surface area contributed by atoms with E-state index in [4.69, 9.17) is 18.5 Å². The molecule has 38 heavy (non-hydrogen) atoms. The van der Waals surface area contributed by atoms with Crippen LogP contribution >= 0.6 is 7.82 Å². The minimum absolute atomic E-state index is 0.0925. The predicted octanol–water partition coefficient (Wildman–Crippen LogP) is 7.02. The van der Waals surface area contributed by atoms with Gasteiger partial charge in [-0.25, -0.2) is 0 Å². The van der Waals surface area contributed by atoms with Gasteiger partial charge in [-0.05, 0) is 6.42 Å². The van der Waals surface area contributed by atoms with Gasteiger partial charge in [-0.2, -0.15) is 0 Å². The van der Waals surface area contributed by atoms with Crippen molar-refractivity contribution in [2.24, 2.45) is 0 Å². The van der Waals surface area contributed by atoms with E-state index in [1.54, 1.807) is 6.92 Å². The lowest BCUT2D eigenvalue weighted by Gasteiger charge is -2.27. The van der Waals surface area contributed by atoms with Crippen molar-refractivity contribution in [2.45, 2.75) is 129 Å². The number of likely N-dealkylation sites (tertiary alicyclic amines) is 1. The standard InChI is InChI=1S/C29H56NO7P/c1-5-7-8-9-10-11-12-13-14-15-16-17-18-19-23-34-25-28(37-29(31)6-2)26-36-38(32,33)35-24-27-21-20-22-30(27,3)4/h24,28H,5-23,25-26H2,1-4H3. The third-order valence-corrected chi connectivity index (χ3v) is 8.03. The molecule has 1 heterocycles. The van der Waals surface area contributed by atoms with Crippen LogP contribution in [-0.2, 0) is 27.9 Å². The number of phosphoric acid groups is 1. The van der Waals surface area contributed by atoms with Gasteiger partial charge in [-0.15, -0.1) is 0 Å². The second-order valence-electron chi connectivity index (χ2n) is 11.1. The number of ether oxygens (including phenoxy) is 2. The summed E-state index contributed by atoms with van der Waals surface area (Å²) in [5.74, 6) is -0.424. The Morgan fingerprint density at radius 2 is 1.47 bits per heavy atom. The Labute approximate surface area is 232 Å². The Balaban J connectivity index is 2.15. The van der Waals surface area contributed by atoms with Crippen LogP contribution in [0.5, 0.6) is 0 Å². The monoisotopic (exact) mass is 561 g/mol. The van der Waals surface area contributed by atoms with Crippen LogP contribution in [0.2, 0.25) is 0 Å². The van der Waals surface area contributed by atoms with Crippen LogP contribution in [-0.4, -0.2) is 57.0 Å². The number of nitrogens with zero attached hydrogens (tertiary/aromatic N) is 1.